The van der Waals surface area contributed by atoms with Crippen LogP contribution in [-0.2, 0) is 11.0 Å². The minimum Gasteiger partial charge on any atom is -0.347 e. The van der Waals surface area contributed by atoms with E-state index in [2.05, 4.69) is 5.32 Å². The summed E-state index contributed by atoms with van der Waals surface area (Å²) in [4.78, 5) is 27.5. The second-order valence-corrected chi connectivity index (χ2v) is 8.66. The first kappa shape index (κ1) is 22.6. The number of nitrogens with one attached hydrogen (secondary N) is 1. The van der Waals surface area contributed by atoms with Gasteiger partial charge < -0.3 is 10.2 Å². The quantitative estimate of drug-likeness (QED) is 0.600. The third-order valence-corrected chi connectivity index (χ3v) is 6.18. The van der Waals surface area contributed by atoms with Crippen LogP contribution in [0.1, 0.15) is 53.2 Å². The summed E-state index contributed by atoms with van der Waals surface area (Å²) in [6.45, 7) is 0.395. The Balaban J connectivity index is 1.53. The van der Waals surface area contributed by atoms with Gasteiger partial charge in [-0.2, -0.15) is 13.2 Å². The minimum atomic E-state index is -4.65. The Morgan fingerprint density at radius 2 is 1.84 bits per heavy atom. The van der Waals surface area contributed by atoms with Crippen molar-refractivity contribution in [1.82, 2.24) is 10.2 Å². The number of amides is 2. The second-order valence-electron chi connectivity index (χ2n) is 8.22. The molecule has 1 heterocycles. The maximum absolute atomic E-state index is 14.6. The molecule has 0 bridgehead atoms. The fourth-order valence-corrected chi connectivity index (χ4v) is 4.34. The molecule has 4 nitrogen and oxygen atoms in total. The SMILES string of the molecule is O=C(NC(c1ccc(C(F)(F)F)cc1F)C1CC1)[C@H]1CCCN1C(=O)c1cccc(Cl)c1. The Morgan fingerprint density at radius 1 is 1.09 bits per heavy atom. The van der Waals surface area contributed by atoms with Crippen molar-refractivity contribution in [3.63, 3.8) is 0 Å². The van der Waals surface area contributed by atoms with E-state index in [-0.39, 0.29) is 17.4 Å². The molecule has 9 heteroatoms. The van der Waals surface area contributed by atoms with Crippen molar-refractivity contribution in [3.05, 3.63) is 70.0 Å². The summed E-state index contributed by atoms with van der Waals surface area (Å²) in [6.07, 6.45) is -2.09. The van der Waals surface area contributed by atoms with Crippen LogP contribution in [-0.4, -0.2) is 29.3 Å². The van der Waals surface area contributed by atoms with Gasteiger partial charge in [-0.05, 0) is 61.9 Å². The van der Waals surface area contributed by atoms with E-state index in [1.165, 1.54) is 11.0 Å². The molecule has 1 N–H and O–H groups in total. The van der Waals surface area contributed by atoms with Crippen molar-refractivity contribution in [2.24, 2.45) is 5.92 Å². The van der Waals surface area contributed by atoms with Crippen LogP contribution >= 0.6 is 11.6 Å². The number of hydrogen-bond donors (Lipinski definition) is 1. The molecule has 170 valence electrons. The Hall–Kier alpha value is -2.61. The minimum absolute atomic E-state index is 0.0274. The highest BCUT2D eigenvalue weighted by molar-refractivity contribution is 6.31. The third kappa shape index (κ3) is 4.75. The molecule has 2 aromatic rings. The number of nitrogens with zero attached hydrogens (tertiary/aromatic N) is 1. The molecule has 1 aliphatic carbocycles. The predicted octanol–water partition coefficient (Wildman–Crippen LogP) is 5.37. The van der Waals surface area contributed by atoms with E-state index in [0.29, 0.717) is 36.0 Å². The van der Waals surface area contributed by atoms with E-state index >= 15 is 0 Å². The normalized spacial score (nSPS) is 19.7. The van der Waals surface area contributed by atoms with Gasteiger partial charge in [0.05, 0.1) is 11.6 Å². The van der Waals surface area contributed by atoms with E-state index in [4.69, 9.17) is 11.6 Å². The molecular weight excluding hydrogens is 448 g/mol. The molecule has 0 aromatic heterocycles. The topological polar surface area (TPSA) is 49.4 Å². The molecule has 1 aliphatic heterocycles. The second kappa shape index (κ2) is 8.73. The fraction of sp³-hybridized carbons (Fsp3) is 0.391. The number of carbonyl (C=O) groups excluding carboxylic acids is 2. The van der Waals surface area contributed by atoms with Gasteiger partial charge in [0.25, 0.3) is 5.91 Å². The highest BCUT2D eigenvalue weighted by Gasteiger charge is 2.40. The fourth-order valence-electron chi connectivity index (χ4n) is 4.15. The highest BCUT2D eigenvalue weighted by atomic mass is 35.5. The lowest BCUT2D eigenvalue weighted by atomic mass is 9.99. The molecule has 2 fully saturated rings. The van der Waals surface area contributed by atoms with Crippen LogP contribution in [0.15, 0.2) is 42.5 Å². The standard InChI is InChI=1S/C23H21ClF4N2O2/c24-16-4-1-3-14(11-16)22(32)30-10-2-5-19(30)21(31)29-20(13-6-7-13)17-9-8-15(12-18(17)25)23(26,27)28/h1,3-4,8-9,11-13,19-20H,2,5-7,10H2,(H,29,31)/t19-,20?/m1/s1. The molecular formula is C23H21ClF4N2O2. The molecule has 4 rings (SSSR count). The molecule has 1 saturated carbocycles. The Labute approximate surface area is 187 Å². The molecule has 2 aliphatic rings. The van der Waals surface area contributed by atoms with Crippen LogP contribution in [0.25, 0.3) is 0 Å². The summed E-state index contributed by atoms with van der Waals surface area (Å²) in [5.41, 5.74) is -0.682. The van der Waals surface area contributed by atoms with Gasteiger partial charge in [0, 0.05) is 22.7 Å². The summed E-state index contributed by atoms with van der Waals surface area (Å²) in [6, 6.07) is 7.33. The maximum atomic E-state index is 14.6. The van der Waals surface area contributed by atoms with Crippen LogP contribution in [0.4, 0.5) is 17.6 Å². The van der Waals surface area contributed by atoms with Crippen LogP contribution < -0.4 is 5.32 Å². The van der Waals surface area contributed by atoms with E-state index in [1.807, 2.05) is 0 Å². The van der Waals surface area contributed by atoms with Crippen molar-refractivity contribution in [1.29, 1.82) is 0 Å². The largest absolute Gasteiger partial charge is 0.416 e. The molecule has 2 amide bonds. The Morgan fingerprint density at radius 3 is 2.47 bits per heavy atom. The molecule has 32 heavy (non-hydrogen) atoms. The van der Waals surface area contributed by atoms with Gasteiger partial charge in [-0.1, -0.05) is 23.7 Å². The lowest BCUT2D eigenvalue weighted by Gasteiger charge is -2.27. The molecule has 1 saturated heterocycles. The van der Waals surface area contributed by atoms with Crippen molar-refractivity contribution in [2.45, 2.75) is 43.9 Å². The van der Waals surface area contributed by atoms with Gasteiger partial charge in [0.1, 0.15) is 11.9 Å². The molecule has 2 atom stereocenters. The summed E-state index contributed by atoms with van der Waals surface area (Å²) >= 11 is 5.97. The average Bonchev–Trinajstić information content (AvgIpc) is 3.46. The number of benzene rings is 2. The van der Waals surface area contributed by atoms with E-state index in [9.17, 15) is 27.2 Å². The smallest absolute Gasteiger partial charge is 0.347 e. The average molecular weight is 469 g/mol. The molecule has 0 spiro atoms. The van der Waals surface area contributed by atoms with Crippen LogP contribution in [0, 0.1) is 11.7 Å². The van der Waals surface area contributed by atoms with Gasteiger partial charge in [-0.15, -0.1) is 0 Å². The monoisotopic (exact) mass is 468 g/mol. The van der Waals surface area contributed by atoms with Gasteiger partial charge in [0.2, 0.25) is 5.91 Å². The van der Waals surface area contributed by atoms with Crippen LogP contribution in [0.5, 0.6) is 0 Å². The molecule has 0 radical (unpaired) electrons. The first-order chi connectivity index (χ1) is 15.1. The van der Waals surface area contributed by atoms with Crippen LogP contribution in [0.3, 0.4) is 0 Å². The van der Waals surface area contributed by atoms with E-state index in [0.717, 1.165) is 25.0 Å². The number of halogens is 5. The summed E-state index contributed by atoms with van der Waals surface area (Å²) in [5.74, 6) is -1.82. The number of likely N-dealkylation sites (tertiary alicyclic amines) is 1. The number of carbonyl (C=O) groups is 2. The van der Waals surface area contributed by atoms with Gasteiger partial charge in [-0.25, -0.2) is 4.39 Å². The van der Waals surface area contributed by atoms with Gasteiger partial charge in [-0.3, -0.25) is 9.59 Å². The van der Waals surface area contributed by atoms with Gasteiger partial charge in [0.15, 0.2) is 0 Å². The third-order valence-electron chi connectivity index (χ3n) is 5.94. The zero-order valence-electron chi connectivity index (χ0n) is 17.0. The molecule has 1 unspecified atom stereocenters. The lowest BCUT2D eigenvalue weighted by molar-refractivity contribution is -0.137. The predicted molar refractivity (Wildman–Crippen MR) is 111 cm³/mol. The lowest BCUT2D eigenvalue weighted by Crippen LogP contribution is -2.47. The van der Waals surface area contributed by atoms with Crippen molar-refractivity contribution < 1.29 is 27.2 Å². The van der Waals surface area contributed by atoms with Crippen molar-refractivity contribution in [2.75, 3.05) is 6.54 Å². The van der Waals surface area contributed by atoms with Crippen molar-refractivity contribution in [3.8, 4) is 0 Å². The molecule has 2 aromatic carbocycles. The maximum Gasteiger partial charge on any atom is 0.416 e. The highest BCUT2D eigenvalue weighted by Crippen LogP contribution is 2.43. The number of alkyl halides is 3. The number of rotatable bonds is 5. The zero-order chi connectivity index (χ0) is 23.0. The summed E-state index contributed by atoms with van der Waals surface area (Å²) in [7, 11) is 0. The summed E-state index contributed by atoms with van der Waals surface area (Å²) in [5, 5.41) is 3.21. The Kier molecular flexibility index (Phi) is 6.16. The van der Waals surface area contributed by atoms with E-state index in [1.54, 1.807) is 18.2 Å². The summed E-state index contributed by atoms with van der Waals surface area (Å²) < 4.78 is 53.2. The van der Waals surface area contributed by atoms with Gasteiger partial charge >= 0.3 is 6.18 Å². The first-order valence-electron chi connectivity index (χ1n) is 10.4. The number of hydrogen-bond acceptors (Lipinski definition) is 2. The van der Waals surface area contributed by atoms with Crippen molar-refractivity contribution >= 4 is 23.4 Å². The Bertz CT molecular complexity index is 1040. The van der Waals surface area contributed by atoms with Crippen LogP contribution in [0.2, 0.25) is 5.02 Å². The zero-order valence-corrected chi connectivity index (χ0v) is 17.7. The first-order valence-corrected chi connectivity index (χ1v) is 10.8. The van der Waals surface area contributed by atoms with E-state index < -0.39 is 35.5 Å².